The number of furan rings is 1. The summed E-state index contributed by atoms with van der Waals surface area (Å²) in [5, 5.41) is 2.74. The SMILES string of the molecule is CC(=O)N(CC(=O)NCc1ccco1)c1ccc(C)c(C)c1. The van der Waals surface area contributed by atoms with Crippen LogP contribution in [0.15, 0.2) is 41.0 Å². The molecule has 0 aliphatic heterocycles. The second-order valence-electron chi connectivity index (χ2n) is 5.23. The smallest absolute Gasteiger partial charge is 0.240 e. The van der Waals surface area contributed by atoms with E-state index in [1.807, 2.05) is 32.0 Å². The highest BCUT2D eigenvalue weighted by molar-refractivity contribution is 5.97. The molecule has 0 spiro atoms. The fourth-order valence-electron chi connectivity index (χ4n) is 2.08. The molecule has 1 N–H and O–H groups in total. The number of anilines is 1. The number of rotatable bonds is 5. The van der Waals surface area contributed by atoms with Crippen LogP contribution in [0.5, 0.6) is 0 Å². The number of carbonyl (C=O) groups is 2. The monoisotopic (exact) mass is 300 g/mol. The van der Waals surface area contributed by atoms with Crippen LogP contribution in [-0.4, -0.2) is 18.4 Å². The van der Waals surface area contributed by atoms with Gasteiger partial charge in [-0.05, 0) is 49.2 Å². The van der Waals surface area contributed by atoms with Crippen LogP contribution in [-0.2, 0) is 16.1 Å². The number of aryl methyl sites for hydroxylation is 2. The number of carbonyl (C=O) groups excluding carboxylic acids is 2. The van der Waals surface area contributed by atoms with Crippen LogP contribution in [0.25, 0.3) is 0 Å². The molecular weight excluding hydrogens is 280 g/mol. The minimum atomic E-state index is -0.232. The number of nitrogens with one attached hydrogen (secondary N) is 1. The Bertz CT molecular complexity index is 663. The molecule has 1 heterocycles. The largest absolute Gasteiger partial charge is 0.467 e. The van der Waals surface area contributed by atoms with Crippen LogP contribution >= 0.6 is 0 Å². The van der Waals surface area contributed by atoms with E-state index in [0.29, 0.717) is 12.3 Å². The summed E-state index contributed by atoms with van der Waals surface area (Å²) in [5.41, 5.74) is 2.96. The highest BCUT2D eigenvalue weighted by Crippen LogP contribution is 2.18. The van der Waals surface area contributed by atoms with Crippen LogP contribution < -0.4 is 10.2 Å². The Morgan fingerprint density at radius 2 is 1.95 bits per heavy atom. The second-order valence-corrected chi connectivity index (χ2v) is 5.23. The number of hydrogen-bond acceptors (Lipinski definition) is 3. The van der Waals surface area contributed by atoms with Gasteiger partial charge >= 0.3 is 0 Å². The Morgan fingerprint density at radius 3 is 2.55 bits per heavy atom. The summed E-state index contributed by atoms with van der Waals surface area (Å²) in [4.78, 5) is 25.3. The van der Waals surface area contributed by atoms with Crippen molar-refractivity contribution in [2.45, 2.75) is 27.3 Å². The lowest BCUT2D eigenvalue weighted by molar-refractivity contribution is -0.123. The first-order valence-corrected chi connectivity index (χ1v) is 7.12. The molecule has 0 radical (unpaired) electrons. The lowest BCUT2D eigenvalue weighted by Gasteiger charge is -2.21. The third kappa shape index (κ3) is 3.97. The first-order chi connectivity index (χ1) is 10.5. The summed E-state index contributed by atoms with van der Waals surface area (Å²) in [7, 11) is 0. The minimum absolute atomic E-state index is 0.0153. The summed E-state index contributed by atoms with van der Waals surface area (Å²) in [6.45, 7) is 5.74. The maximum absolute atomic E-state index is 12.0. The summed E-state index contributed by atoms with van der Waals surface area (Å²) in [6, 6.07) is 9.26. The van der Waals surface area contributed by atoms with Crippen molar-refractivity contribution in [1.82, 2.24) is 5.32 Å². The molecule has 0 atom stereocenters. The molecule has 22 heavy (non-hydrogen) atoms. The molecule has 5 heteroatoms. The van der Waals surface area contributed by atoms with Crippen molar-refractivity contribution in [1.29, 1.82) is 0 Å². The molecule has 2 amide bonds. The van der Waals surface area contributed by atoms with Crippen molar-refractivity contribution in [3.8, 4) is 0 Å². The van der Waals surface area contributed by atoms with Crippen LogP contribution in [0.2, 0.25) is 0 Å². The Labute approximate surface area is 129 Å². The van der Waals surface area contributed by atoms with Crippen LogP contribution in [0.4, 0.5) is 5.69 Å². The highest BCUT2D eigenvalue weighted by Gasteiger charge is 2.16. The van der Waals surface area contributed by atoms with E-state index in [4.69, 9.17) is 4.42 Å². The predicted octanol–water partition coefficient (Wildman–Crippen LogP) is 2.57. The van der Waals surface area contributed by atoms with Gasteiger partial charge in [0.15, 0.2) is 0 Å². The van der Waals surface area contributed by atoms with Gasteiger partial charge in [0.1, 0.15) is 12.3 Å². The van der Waals surface area contributed by atoms with Gasteiger partial charge in [-0.3, -0.25) is 9.59 Å². The minimum Gasteiger partial charge on any atom is -0.467 e. The van der Waals surface area contributed by atoms with E-state index in [1.54, 1.807) is 18.4 Å². The Kier molecular flexibility index (Phi) is 4.99. The molecule has 0 saturated heterocycles. The third-order valence-electron chi connectivity index (χ3n) is 3.52. The molecule has 0 saturated carbocycles. The van der Waals surface area contributed by atoms with Gasteiger partial charge in [-0.15, -0.1) is 0 Å². The average molecular weight is 300 g/mol. The zero-order valence-corrected chi connectivity index (χ0v) is 13.1. The first-order valence-electron chi connectivity index (χ1n) is 7.12. The van der Waals surface area contributed by atoms with Crippen molar-refractivity contribution in [3.63, 3.8) is 0 Å². The van der Waals surface area contributed by atoms with Crippen LogP contribution in [0.1, 0.15) is 23.8 Å². The van der Waals surface area contributed by atoms with E-state index in [-0.39, 0.29) is 18.4 Å². The summed E-state index contributed by atoms with van der Waals surface area (Å²) in [5.74, 6) is 0.273. The normalized spacial score (nSPS) is 10.3. The second kappa shape index (κ2) is 6.93. The molecule has 0 aliphatic rings. The number of amides is 2. The van der Waals surface area contributed by atoms with Crippen LogP contribution in [0, 0.1) is 13.8 Å². The molecule has 0 unspecified atom stereocenters. The van der Waals surface area contributed by atoms with Crippen molar-refractivity contribution in [2.75, 3.05) is 11.4 Å². The van der Waals surface area contributed by atoms with Gasteiger partial charge in [0, 0.05) is 12.6 Å². The van der Waals surface area contributed by atoms with Gasteiger partial charge in [-0.2, -0.15) is 0 Å². The van der Waals surface area contributed by atoms with Crippen molar-refractivity contribution < 1.29 is 14.0 Å². The molecule has 5 nitrogen and oxygen atoms in total. The molecule has 1 aromatic heterocycles. The third-order valence-corrected chi connectivity index (χ3v) is 3.52. The van der Waals surface area contributed by atoms with E-state index in [9.17, 15) is 9.59 Å². The van der Waals surface area contributed by atoms with Gasteiger partial charge in [-0.25, -0.2) is 0 Å². The van der Waals surface area contributed by atoms with Gasteiger partial charge in [-0.1, -0.05) is 6.07 Å². The molecule has 2 aromatic rings. The van der Waals surface area contributed by atoms with Gasteiger partial charge < -0.3 is 14.6 Å². The molecule has 1 aromatic carbocycles. The van der Waals surface area contributed by atoms with E-state index in [2.05, 4.69) is 5.32 Å². The Morgan fingerprint density at radius 1 is 1.18 bits per heavy atom. The molecule has 116 valence electrons. The summed E-state index contributed by atoms with van der Waals surface area (Å²) in [6.07, 6.45) is 1.55. The molecule has 0 aliphatic carbocycles. The molecule has 2 rings (SSSR count). The first kappa shape index (κ1) is 15.8. The van der Waals surface area contributed by atoms with Crippen molar-refractivity contribution in [2.24, 2.45) is 0 Å². The van der Waals surface area contributed by atoms with E-state index in [1.165, 1.54) is 11.8 Å². The van der Waals surface area contributed by atoms with Gasteiger partial charge in [0.2, 0.25) is 11.8 Å². The van der Waals surface area contributed by atoms with Crippen LogP contribution in [0.3, 0.4) is 0 Å². The quantitative estimate of drug-likeness (QED) is 0.923. The topological polar surface area (TPSA) is 62.6 Å². The lowest BCUT2D eigenvalue weighted by Crippen LogP contribution is -2.39. The summed E-state index contributed by atoms with van der Waals surface area (Å²) < 4.78 is 5.15. The van der Waals surface area contributed by atoms with E-state index < -0.39 is 0 Å². The lowest BCUT2D eigenvalue weighted by atomic mass is 10.1. The van der Waals surface area contributed by atoms with Gasteiger partial charge in [0.25, 0.3) is 0 Å². The zero-order chi connectivity index (χ0) is 16.1. The maximum Gasteiger partial charge on any atom is 0.240 e. The molecular formula is C17H20N2O3. The maximum atomic E-state index is 12.0. The van der Waals surface area contributed by atoms with Crippen molar-refractivity contribution >= 4 is 17.5 Å². The Hall–Kier alpha value is -2.56. The fourth-order valence-corrected chi connectivity index (χ4v) is 2.08. The molecule has 0 bridgehead atoms. The number of benzene rings is 1. The zero-order valence-electron chi connectivity index (χ0n) is 13.1. The fraction of sp³-hybridized carbons (Fsp3) is 0.294. The standard InChI is InChI=1S/C17H20N2O3/c1-12-6-7-15(9-13(12)2)19(14(3)20)11-17(21)18-10-16-5-4-8-22-16/h4-9H,10-11H2,1-3H3,(H,18,21). The van der Waals surface area contributed by atoms with E-state index >= 15 is 0 Å². The number of hydrogen-bond donors (Lipinski definition) is 1. The van der Waals surface area contributed by atoms with Gasteiger partial charge in [0.05, 0.1) is 12.8 Å². The highest BCUT2D eigenvalue weighted by atomic mass is 16.3. The van der Waals surface area contributed by atoms with E-state index in [0.717, 1.165) is 16.8 Å². The summed E-state index contributed by atoms with van der Waals surface area (Å²) >= 11 is 0. The molecule has 0 fully saturated rings. The Balaban J connectivity index is 2.03. The van der Waals surface area contributed by atoms with Crippen molar-refractivity contribution in [3.05, 3.63) is 53.5 Å². The average Bonchev–Trinajstić information content (AvgIpc) is 2.98. The predicted molar refractivity (Wildman–Crippen MR) is 84.5 cm³/mol. The number of nitrogens with zero attached hydrogens (tertiary/aromatic N) is 1.